The Kier molecular flexibility index (Phi) is 2.97. The molecule has 19 heavy (non-hydrogen) atoms. The second-order valence-electron chi connectivity index (χ2n) is 4.17. The van der Waals surface area contributed by atoms with Gasteiger partial charge in [0.05, 0.1) is 12.1 Å². The zero-order valence-electron chi connectivity index (χ0n) is 10.1. The van der Waals surface area contributed by atoms with Gasteiger partial charge in [-0.3, -0.25) is 4.98 Å². The highest BCUT2D eigenvalue weighted by Crippen LogP contribution is 2.24. The van der Waals surface area contributed by atoms with Crippen molar-refractivity contribution in [3.05, 3.63) is 29.5 Å². The summed E-state index contributed by atoms with van der Waals surface area (Å²) >= 11 is 1.32. The molecule has 3 aromatic heterocycles. The van der Waals surface area contributed by atoms with Gasteiger partial charge in [0.25, 0.3) is 0 Å². The number of fused-ring (bicyclic) bond motifs is 1. The van der Waals surface area contributed by atoms with Crippen molar-refractivity contribution in [1.82, 2.24) is 24.8 Å². The van der Waals surface area contributed by atoms with Crippen LogP contribution in [0.5, 0.6) is 0 Å². The minimum absolute atomic E-state index is 0.520. The van der Waals surface area contributed by atoms with Crippen LogP contribution >= 0.6 is 11.3 Å². The lowest BCUT2D eigenvalue weighted by Gasteiger charge is -2.09. The smallest absolute Gasteiger partial charge is 0.235 e. The standard InChI is InChI=1S/C11H12N6OS/c1-6(18)8(12)10-16-17-9(14-15-11(17)19-10)7-3-2-4-13-5-7/h2-6,8,18H,12H2,1H3. The van der Waals surface area contributed by atoms with Gasteiger partial charge in [0.15, 0.2) is 5.82 Å². The number of nitrogens with zero attached hydrogens (tertiary/aromatic N) is 5. The van der Waals surface area contributed by atoms with Gasteiger partial charge >= 0.3 is 0 Å². The van der Waals surface area contributed by atoms with E-state index in [9.17, 15) is 5.11 Å². The first kappa shape index (κ1) is 12.2. The van der Waals surface area contributed by atoms with Crippen LogP contribution in [0, 0.1) is 0 Å². The van der Waals surface area contributed by atoms with E-state index in [1.165, 1.54) is 11.3 Å². The van der Waals surface area contributed by atoms with Crippen LogP contribution in [0.4, 0.5) is 0 Å². The van der Waals surface area contributed by atoms with E-state index in [1.807, 2.05) is 12.1 Å². The molecule has 0 aromatic carbocycles. The SMILES string of the molecule is CC(O)C(N)c1nn2c(-c3cccnc3)nnc2s1. The third-order valence-electron chi connectivity index (χ3n) is 2.73. The Labute approximate surface area is 112 Å². The van der Waals surface area contributed by atoms with Crippen LogP contribution in [0.3, 0.4) is 0 Å². The first-order valence-electron chi connectivity index (χ1n) is 5.73. The second kappa shape index (κ2) is 4.65. The predicted molar refractivity (Wildman–Crippen MR) is 70.5 cm³/mol. The van der Waals surface area contributed by atoms with Crippen LogP contribution in [0.25, 0.3) is 16.3 Å². The van der Waals surface area contributed by atoms with Crippen LogP contribution in [0.1, 0.15) is 18.0 Å². The van der Waals surface area contributed by atoms with Gasteiger partial charge in [-0.1, -0.05) is 11.3 Å². The second-order valence-corrected chi connectivity index (χ2v) is 5.15. The highest BCUT2D eigenvalue weighted by molar-refractivity contribution is 7.16. The van der Waals surface area contributed by atoms with Crippen LogP contribution in [-0.2, 0) is 0 Å². The average Bonchev–Trinajstić information content (AvgIpc) is 2.98. The van der Waals surface area contributed by atoms with E-state index in [2.05, 4.69) is 20.3 Å². The normalized spacial score (nSPS) is 14.7. The van der Waals surface area contributed by atoms with Crippen molar-refractivity contribution in [2.24, 2.45) is 5.73 Å². The Morgan fingerprint density at radius 1 is 1.42 bits per heavy atom. The van der Waals surface area contributed by atoms with Crippen molar-refractivity contribution in [1.29, 1.82) is 0 Å². The zero-order valence-corrected chi connectivity index (χ0v) is 10.9. The van der Waals surface area contributed by atoms with Crippen LogP contribution in [0.2, 0.25) is 0 Å². The fraction of sp³-hybridized carbons (Fsp3) is 0.273. The Bertz CT molecular complexity index is 692. The van der Waals surface area contributed by atoms with Gasteiger partial charge in [-0.2, -0.15) is 9.61 Å². The number of pyridine rings is 1. The largest absolute Gasteiger partial charge is 0.391 e. The lowest BCUT2D eigenvalue weighted by molar-refractivity contribution is 0.163. The van der Waals surface area contributed by atoms with Crippen molar-refractivity contribution in [2.75, 3.05) is 0 Å². The van der Waals surface area contributed by atoms with Crippen molar-refractivity contribution in [3.8, 4) is 11.4 Å². The molecule has 2 atom stereocenters. The summed E-state index contributed by atoms with van der Waals surface area (Å²) in [6, 6.07) is 3.19. The molecule has 0 saturated heterocycles. The van der Waals surface area contributed by atoms with E-state index in [0.29, 0.717) is 15.8 Å². The van der Waals surface area contributed by atoms with Gasteiger partial charge in [0, 0.05) is 18.0 Å². The van der Waals surface area contributed by atoms with E-state index in [0.717, 1.165) is 5.56 Å². The fourth-order valence-corrected chi connectivity index (χ4v) is 2.59. The van der Waals surface area contributed by atoms with E-state index in [-0.39, 0.29) is 0 Å². The Hall–Kier alpha value is -1.90. The Morgan fingerprint density at radius 3 is 2.95 bits per heavy atom. The first-order chi connectivity index (χ1) is 9.16. The molecule has 0 spiro atoms. The summed E-state index contributed by atoms with van der Waals surface area (Å²) < 4.78 is 1.62. The number of nitrogens with two attached hydrogens (primary N) is 1. The molecule has 7 nitrogen and oxygen atoms in total. The third-order valence-corrected chi connectivity index (χ3v) is 3.73. The Balaban J connectivity index is 2.08. The molecule has 0 fully saturated rings. The summed E-state index contributed by atoms with van der Waals surface area (Å²) in [5, 5.41) is 22.7. The lowest BCUT2D eigenvalue weighted by atomic mass is 10.2. The highest BCUT2D eigenvalue weighted by atomic mass is 32.1. The number of rotatable bonds is 3. The maximum atomic E-state index is 9.51. The van der Waals surface area contributed by atoms with E-state index in [1.54, 1.807) is 23.8 Å². The lowest BCUT2D eigenvalue weighted by Crippen LogP contribution is -2.23. The molecule has 0 bridgehead atoms. The molecular formula is C11H12N6OS. The molecular weight excluding hydrogens is 264 g/mol. The van der Waals surface area contributed by atoms with Crippen LogP contribution in [-0.4, -0.2) is 36.0 Å². The molecule has 0 radical (unpaired) electrons. The van der Waals surface area contributed by atoms with Crippen LogP contribution < -0.4 is 5.73 Å². The molecule has 3 rings (SSSR count). The predicted octanol–water partition coefficient (Wildman–Crippen LogP) is 0.628. The van der Waals surface area contributed by atoms with Gasteiger partial charge < -0.3 is 10.8 Å². The summed E-state index contributed by atoms with van der Waals surface area (Å²) in [7, 11) is 0. The van der Waals surface area contributed by atoms with Crippen LogP contribution in [0.15, 0.2) is 24.5 Å². The summed E-state index contributed by atoms with van der Waals surface area (Å²) in [6.07, 6.45) is 2.73. The summed E-state index contributed by atoms with van der Waals surface area (Å²) in [4.78, 5) is 4.69. The minimum atomic E-state index is -0.661. The number of aliphatic hydroxyl groups excluding tert-OH is 1. The van der Waals surface area contributed by atoms with Gasteiger partial charge in [0.1, 0.15) is 5.01 Å². The van der Waals surface area contributed by atoms with E-state index < -0.39 is 12.1 Å². The summed E-state index contributed by atoms with van der Waals surface area (Å²) in [5.74, 6) is 0.614. The van der Waals surface area contributed by atoms with Gasteiger partial charge in [-0.25, -0.2) is 0 Å². The van der Waals surface area contributed by atoms with Crippen molar-refractivity contribution >= 4 is 16.3 Å². The molecule has 2 unspecified atom stereocenters. The fourth-order valence-electron chi connectivity index (χ4n) is 1.65. The van der Waals surface area contributed by atoms with Crippen molar-refractivity contribution in [2.45, 2.75) is 19.1 Å². The van der Waals surface area contributed by atoms with E-state index >= 15 is 0 Å². The monoisotopic (exact) mass is 276 g/mol. The topological polar surface area (TPSA) is 102 Å². The molecule has 3 aromatic rings. The number of aromatic nitrogens is 5. The zero-order chi connectivity index (χ0) is 13.4. The molecule has 0 aliphatic heterocycles. The maximum absolute atomic E-state index is 9.51. The number of aliphatic hydroxyl groups is 1. The molecule has 0 aliphatic carbocycles. The molecule has 3 heterocycles. The van der Waals surface area contributed by atoms with Crippen molar-refractivity contribution < 1.29 is 5.11 Å². The molecule has 0 saturated carbocycles. The molecule has 0 aliphatic rings. The average molecular weight is 276 g/mol. The van der Waals surface area contributed by atoms with Gasteiger partial charge in [-0.05, 0) is 19.1 Å². The number of hydrogen-bond donors (Lipinski definition) is 2. The van der Waals surface area contributed by atoms with Gasteiger partial charge in [-0.15, -0.1) is 10.2 Å². The molecule has 3 N–H and O–H groups in total. The number of hydrogen-bond acceptors (Lipinski definition) is 7. The molecule has 0 amide bonds. The van der Waals surface area contributed by atoms with E-state index in [4.69, 9.17) is 5.73 Å². The quantitative estimate of drug-likeness (QED) is 0.727. The maximum Gasteiger partial charge on any atom is 0.235 e. The third kappa shape index (κ3) is 2.09. The highest BCUT2D eigenvalue weighted by Gasteiger charge is 2.20. The molecule has 98 valence electrons. The summed E-state index contributed by atoms with van der Waals surface area (Å²) in [6.45, 7) is 1.63. The minimum Gasteiger partial charge on any atom is -0.391 e. The molecule has 8 heteroatoms. The summed E-state index contributed by atoms with van der Waals surface area (Å²) in [5.41, 5.74) is 6.70. The Morgan fingerprint density at radius 2 is 2.26 bits per heavy atom. The van der Waals surface area contributed by atoms with Gasteiger partial charge in [0.2, 0.25) is 4.96 Å². The van der Waals surface area contributed by atoms with Crippen molar-refractivity contribution in [3.63, 3.8) is 0 Å². The first-order valence-corrected chi connectivity index (χ1v) is 6.54.